The number of aliphatic hydroxyl groups is 2. The first-order valence-electron chi connectivity index (χ1n) is 23.7. The zero-order valence-corrected chi connectivity index (χ0v) is 41.5. The van der Waals surface area contributed by atoms with Crippen molar-refractivity contribution in [3.63, 3.8) is 0 Å². The van der Waals surface area contributed by atoms with Crippen LogP contribution in [0, 0.1) is 0 Å². The SMILES string of the molecule is C.C.C.C.C.C.CC(=O)/C=C/c1nc2c(N3CCN(C)CC3)cccc2[nH]1.CC(=O)CC(C)(C)O.CC(=O)CC(O)c1nc2c(N3CCN(C)CC3)cccc2[nH]1.CN1CCN(c2cccc3[nH]c(C=O)nc23)CC1. The zero-order valence-electron chi connectivity index (χ0n) is 41.5. The summed E-state index contributed by atoms with van der Waals surface area (Å²) >= 11 is 0. The van der Waals surface area contributed by atoms with Gasteiger partial charge in [-0.3, -0.25) is 19.2 Å². The highest BCUT2D eigenvalue weighted by Gasteiger charge is 2.22. The van der Waals surface area contributed by atoms with E-state index in [4.69, 9.17) is 5.11 Å². The topological polar surface area (TPSA) is 214 Å². The Kier molecular flexibility index (Phi) is 28.9. The van der Waals surface area contributed by atoms with E-state index in [1.54, 1.807) is 19.9 Å². The van der Waals surface area contributed by atoms with Crippen molar-refractivity contribution in [3.8, 4) is 0 Å². The lowest BCUT2D eigenvalue weighted by Gasteiger charge is -2.34. The van der Waals surface area contributed by atoms with Gasteiger partial charge in [-0.1, -0.05) is 62.8 Å². The summed E-state index contributed by atoms with van der Waals surface area (Å²) in [7, 11) is 6.41. The molecule has 3 aromatic heterocycles. The van der Waals surface area contributed by atoms with Gasteiger partial charge in [0.1, 0.15) is 45.9 Å². The number of hydrogen-bond acceptors (Lipinski definition) is 15. The van der Waals surface area contributed by atoms with Crippen LogP contribution in [0.3, 0.4) is 0 Å². The van der Waals surface area contributed by atoms with Crippen molar-refractivity contribution >= 4 is 79.9 Å². The van der Waals surface area contributed by atoms with Crippen molar-refractivity contribution in [2.24, 2.45) is 0 Å². The number of anilines is 3. The molecule has 0 spiro atoms. The second-order valence-electron chi connectivity index (χ2n) is 18.9. The van der Waals surface area contributed by atoms with Gasteiger partial charge in [-0.05, 0) is 104 Å². The van der Waals surface area contributed by atoms with Crippen molar-refractivity contribution in [3.05, 3.63) is 78.1 Å². The third kappa shape index (κ3) is 19.7. The molecule has 1 atom stereocenters. The summed E-state index contributed by atoms with van der Waals surface area (Å²) in [4.78, 5) is 80.2. The van der Waals surface area contributed by atoms with E-state index in [0.29, 0.717) is 11.6 Å². The molecule has 0 saturated carbocycles. The van der Waals surface area contributed by atoms with Gasteiger partial charge in [0.2, 0.25) is 0 Å². The minimum atomic E-state index is -0.870. The van der Waals surface area contributed by atoms with Crippen molar-refractivity contribution in [2.75, 3.05) is 114 Å². The van der Waals surface area contributed by atoms with E-state index >= 15 is 0 Å². The Balaban J connectivity index is 0.000000987. The molecule has 75 heavy (non-hydrogen) atoms. The number of likely N-dealkylation sites (N-methyl/N-ethyl adjacent to an activating group) is 3. The maximum absolute atomic E-state index is 11.2. The molecule has 0 bridgehead atoms. The van der Waals surface area contributed by atoms with E-state index in [1.165, 1.54) is 32.5 Å². The van der Waals surface area contributed by atoms with Crippen LogP contribution in [0.25, 0.3) is 39.2 Å². The number of aliphatic hydroxyl groups excluding tert-OH is 1. The molecule has 3 aromatic carbocycles. The number of nitrogens with one attached hydrogen (secondary N) is 3. The van der Waals surface area contributed by atoms with Crippen LogP contribution in [-0.2, 0) is 14.4 Å². The Morgan fingerprint density at radius 2 is 0.933 bits per heavy atom. The summed E-state index contributed by atoms with van der Waals surface area (Å²) in [6.07, 6.45) is 3.48. The van der Waals surface area contributed by atoms with Crippen LogP contribution >= 0.6 is 0 Å². The number of aldehydes is 1. The number of hydrogen-bond donors (Lipinski definition) is 5. The molecule has 0 radical (unpaired) electrons. The lowest BCUT2D eigenvalue weighted by Crippen LogP contribution is -2.44. The number of nitrogens with zero attached hydrogens (tertiary/aromatic N) is 9. The molecule has 6 heterocycles. The number of allylic oxidation sites excluding steroid dienone is 1. The molecule has 6 aromatic rings. The fourth-order valence-electron chi connectivity index (χ4n) is 8.48. The number of aromatic amines is 3. The van der Waals surface area contributed by atoms with Crippen LogP contribution < -0.4 is 14.7 Å². The Bertz CT molecular complexity index is 2700. The van der Waals surface area contributed by atoms with Crippen LogP contribution in [0.5, 0.6) is 0 Å². The van der Waals surface area contributed by atoms with Crippen molar-refractivity contribution in [1.82, 2.24) is 44.6 Å². The van der Waals surface area contributed by atoms with Crippen molar-refractivity contribution in [2.45, 2.75) is 104 Å². The van der Waals surface area contributed by atoms with E-state index in [9.17, 15) is 24.3 Å². The van der Waals surface area contributed by atoms with E-state index in [2.05, 4.69) is 98.6 Å². The molecular formula is C57H94N12O6. The monoisotopic (exact) mass is 1040 g/mol. The van der Waals surface area contributed by atoms with Crippen LogP contribution in [0.4, 0.5) is 17.1 Å². The highest BCUT2D eigenvalue weighted by atomic mass is 16.3. The first-order chi connectivity index (χ1) is 32.9. The summed E-state index contributed by atoms with van der Waals surface area (Å²) in [5, 5.41) is 19.1. The summed E-state index contributed by atoms with van der Waals surface area (Å²) in [5.41, 5.74) is 8.11. The average Bonchev–Trinajstić information content (AvgIpc) is 4.06. The van der Waals surface area contributed by atoms with Gasteiger partial charge in [-0.25, -0.2) is 15.0 Å². The first-order valence-corrected chi connectivity index (χ1v) is 23.7. The number of H-pyrrole nitrogens is 3. The smallest absolute Gasteiger partial charge is 0.185 e. The normalized spacial score (nSPS) is 15.4. The fraction of sp³-hybridized carbons (Fsp3) is 0.526. The number of benzene rings is 3. The predicted octanol–water partition coefficient (Wildman–Crippen LogP) is 8.92. The van der Waals surface area contributed by atoms with Gasteiger partial charge in [0, 0.05) is 91.4 Å². The first kappa shape index (κ1) is 68.7. The zero-order chi connectivity index (χ0) is 49.8. The highest BCUT2D eigenvalue weighted by molar-refractivity contribution is 5.94. The maximum Gasteiger partial charge on any atom is 0.185 e. The summed E-state index contributed by atoms with van der Waals surface area (Å²) < 4.78 is 0. The van der Waals surface area contributed by atoms with Gasteiger partial charge in [-0.2, -0.15) is 0 Å². The van der Waals surface area contributed by atoms with Crippen LogP contribution in [0.1, 0.15) is 120 Å². The molecule has 9 rings (SSSR count). The fourth-order valence-corrected chi connectivity index (χ4v) is 8.48. The number of piperazine rings is 3. The van der Waals surface area contributed by atoms with Crippen LogP contribution in [0.2, 0.25) is 0 Å². The Morgan fingerprint density at radius 1 is 0.573 bits per heavy atom. The van der Waals surface area contributed by atoms with Gasteiger partial charge in [0.25, 0.3) is 0 Å². The van der Waals surface area contributed by atoms with Gasteiger partial charge in [0.15, 0.2) is 17.9 Å². The largest absolute Gasteiger partial charge is 0.390 e. The van der Waals surface area contributed by atoms with Crippen molar-refractivity contribution < 1.29 is 29.4 Å². The number of carbonyl (C=O) groups is 4. The number of aromatic nitrogens is 6. The minimum Gasteiger partial charge on any atom is -0.390 e. The molecule has 3 fully saturated rings. The van der Waals surface area contributed by atoms with E-state index in [1.807, 2.05) is 36.4 Å². The number of rotatable bonds is 11. The highest BCUT2D eigenvalue weighted by Crippen LogP contribution is 2.30. The number of imidazole rings is 3. The predicted molar refractivity (Wildman–Crippen MR) is 315 cm³/mol. The second-order valence-corrected chi connectivity index (χ2v) is 18.9. The Morgan fingerprint density at radius 3 is 1.27 bits per heavy atom. The van der Waals surface area contributed by atoms with E-state index < -0.39 is 11.7 Å². The molecular weight excluding hydrogens is 949 g/mol. The summed E-state index contributed by atoms with van der Waals surface area (Å²) in [6.45, 7) is 20.0. The van der Waals surface area contributed by atoms with E-state index in [0.717, 1.165) is 135 Å². The molecule has 1 unspecified atom stereocenters. The Labute approximate surface area is 448 Å². The second kappa shape index (κ2) is 31.5. The van der Waals surface area contributed by atoms with Gasteiger partial charge >= 0.3 is 0 Å². The minimum absolute atomic E-state index is 0. The van der Waals surface area contributed by atoms with Crippen LogP contribution in [-0.4, -0.2) is 184 Å². The quantitative estimate of drug-likeness (QED) is 0.0605. The standard InChI is InChI=1S/C16H22N4O2.C16H20N4O.C13H16N4O.C6H12O2.6CH4/c1-11(21)10-14(22)16-17-12-4-3-5-13(15(12)18-16)20-8-6-19(2)7-9-20;1-12(21)6-7-15-17-13-4-3-5-14(16(13)18-15)20-10-8-19(2)9-11-20;1-16-5-7-17(8-6-16)11-4-2-3-10-13(11)15-12(9-18)14-10;1-5(7)4-6(2,3)8;;;;;;/h3-5,14,22H,6-10H2,1-2H3,(H,17,18);3-7H,8-11H2,1-2H3,(H,17,18);2-4,9H,5-8H2,1H3,(H,14,15);8H,4H2,1-3H3;6*1H4/b;7-6+;;;;;;;;. The molecule has 3 aliphatic heterocycles. The molecule has 0 aliphatic carbocycles. The van der Waals surface area contributed by atoms with Gasteiger partial charge in [-0.15, -0.1) is 0 Å². The Hall–Kier alpha value is -6.31. The number of Topliss-reactive ketones (excluding diaryl/α,β-unsaturated/α-hetero) is 2. The van der Waals surface area contributed by atoms with Gasteiger partial charge in [0.05, 0.1) is 39.2 Å². The van der Waals surface area contributed by atoms with Crippen LogP contribution in [0.15, 0.2) is 60.7 Å². The molecule has 18 heteroatoms. The molecule has 0 amide bonds. The third-order valence-corrected chi connectivity index (χ3v) is 12.1. The van der Waals surface area contributed by atoms with E-state index in [-0.39, 0.29) is 74.8 Å². The number of fused-ring (bicyclic) bond motifs is 3. The van der Waals surface area contributed by atoms with Gasteiger partial charge < -0.3 is 54.6 Å². The number of carbonyl (C=O) groups excluding carboxylic acids is 4. The molecule has 5 N–H and O–H groups in total. The third-order valence-electron chi connectivity index (χ3n) is 12.1. The molecule has 18 nitrogen and oxygen atoms in total. The lowest BCUT2D eigenvalue weighted by molar-refractivity contribution is -0.121. The van der Waals surface area contributed by atoms with Crippen molar-refractivity contribution in [1.29, 1.82) is 0 Å². The summed E-state index contributed by atoms with van der Waals surface area (Å²) in [5.74, 6) is 1.58. The molecule has 3 aliphatic rings. The average molecular weight is 1040 g/mol. The lowest BCUT2D eigenvalue weighted by atomic mass is 10.0. The number of ketones is 3. The number of para-hydroxylation sites is 3. The molecule has 418 valence electrons. The summed E-state index contributed by atoms with van der Waals surface area (Å²) in [6, 6.07) is 18.2. The maximum atomic E-state index is 11.2. The molecule has 3 saturated heterocycles.